The maximum absolute atomic E-state index is 12.3. The molecule has 3 rings (SSSR count). The van der Waals surface area contributed by atoms with E-state index in [0.717, 1.165) is 24.0 Å². The fourth-order valence-corrected chi connectivity index (χ4v) is 3.03. The molecule has 0 radical (unpaired) electrons. The molecule has 2 heterocycles. The quantitative estimate of drug-likeness (QED) is 0.791. The lowest BCUT2D eigenvalue weighted by Gasteiger charge is -2.17. The third-order valence-electron chi connectivity index (χ3n) is 4.04. The largest absolute Gasteiger partial charge is 0.496 e. The van der Waals surface area contributed by atoms with Crippen molar-refractivity contribution in [2.45, 2.75) is 32.4 Å². The van der Waals surface area contributed by atoms with Gasteiger partial charge in [0.2, 0.25) is 0 Å². The van der Waals surface area contributed by atoms with E-state index in [-0.39, 0.29) is 24.5 Å². The van der Waals surface area contributed by atoms with Crippen molar-refractivity contribution in [2.24, 2.45) is 0 Å². The molecule has 0 spiro atoms. The van der Waals surface area contributed by atoms with Crippen LogP contribution in [0.5, 0.6) is 5.75 Å². The summed E-state index contributed by atoms with van der Waals surface area (Å²) in [5.74, 6) is 0.638. The summed E-state index contributed by atoms with van der Waals surface area (Å²) in [4.78, 5) is 27.6. The second-order valence-electron chi connectivity index (χ2n) is 5.37. The van der Waals surface area contributed by atoms with Crippen LogP contribution >= 0.6 is 0 Å². The number of hydrogen-bond donors (Lipinski definition) is 0. The Morgan fingerprint density at radius 3 is 2.85 bits per heavy atom. The average molecular weight is 274 g/mol. The Morgan fingerprint density at radius 2 is 2.15 bits per heavy atom. The fourth-order valence-electron chi connectivity index (χ4n) is 3.03. The van der Waals surface area contributed by atoms with E-state index in [1.807, 2.05) is 25.1 Å². The summed E-state index contributed by atoms with van der Waals surface area (Å²) in [6, 6.07) is 5.38. The van der Waals surface area contributed by atoms with E-state index in [9.17, 15) is 9.59 Å². The molecule has 1 aromatic carbocycles. The van der Waals surface area contributed by atoms with E-state index < -0.39 is 0 Å². The second-order valence-corrected chi connectivity index (χ2v) is 5.37. The van der Waals surface area contributed by atoms with Crippen LogP contribution in [0.4, 0.5) is 4.79 Å². The number of carbonyl (C=O) groups is 2. The number of benzene rings is 1. The van der Waals surface area contributed by atoms with Gasteiger partial charge in [0, 0.05) is 12.1 Å². The van der Waals surface area contributed by atoms with Gasteiger partial charge in [-0.05, 0) is 25.8 Å². The van der Waals surface area contributed by atoms with Crippen LogP contribution in [0.3, 0.4) is 0 Å². The third-order valence-corrected chi connectivity index (χ3v) is 4.04. The molecule has 2 aliphatic heterocycles. The van der Waals surface area contributed by atoms with E-state index in [0.29, 0.717) is 12.3 Å². The summed E-state index contributed by atoms with van der Waals surface area (Å²) < 4.78 is 5.31. The maximum Gasteiger partial charge on any atom is 0.327 e. The molecule has 0 unspecified atom stereocenters. The predicted molar refractivity (Wildman–Crippen MR) is 73.4 cm³/mol. The van der Waals surface area contributed by atoms with Gasteiger partial charge in [-0.15, -0.1) is 0 Å². The first-order chi connectivity index (χ1) is 9.61. The van der Waals surface area contributed by atoms with E-state index in [1.165, 1.54) is 4.90 Å². The molecule has 0 aliphatic carbocycles. The summed E-state index contributed by atoms with van der Waals surface area (Å²) in [6.45, 7) is 2.96. The molecule has 5 nitrogen and oxygen atoms in total. The van der Waals surface area contributed by atoms with Crippen LogP contribution < -0.4 is 4.74 Å². The van der Waals surface area contributed by atoms with E-state index in [4.69, 9.17) is 4.74 Å². The zero-order chi connectivity index (χ0) is 14.3. The summed E-state index contributed by atoms with van der Waals surface area (Å²) in [5, 5.41) is 0. The van der Waals surface area contributed by atoms with Gasteiger partial charge in [0.1, 0.15) is 11.8 Å². The van der Waals surface area contributed by atoms with E-state index in [2.05, 4.69) is 0 Å². The lowest BCUT2D eigenvalue weighted by atomic mass is 10.1. The van der Waals surface area contributed by atoms with Crippen molar-refractivity contribution in [3.8, 4) is 5.75 Å². The first-order valence-corrected chi connectivity index (χ1v) is 6.87. The Balaban J connectivity index is 1.86. The number of carbonyl (C=O) groups excluding carboxylic acids is 2. The minimum Gasteiger partial charge on any atom is -0.496 e. The Hall–Kier alpha value is -2.04. The first-order valence-electron chi connectivity index (χ1n) is 6.87. The number of hydrogen-bond acceptors (Lipinski definition) is 3. The molecular formula is C15H18N2O3. The highest BCUT2D eigenvalue weighted by Gasteiger charge is 2.47. The van der Waals surface area contributed by atoms with Crippen molar-refractivity contribution in [2.75, 3.05) is 13.7 Å². The molecule has 2 aliphatic rings. The van der Waals surface area contributed by atoms with Crippen LogP contribution in [0.15, 0.2) is 18.2 Å². The van der Waals surface area contributed by atoms with Crippen LogP contribution in [0, 0.1) is 6.92 Å². The SMILES string of the molecule is COc1ccc(C)cc1CN1C(=O)[C@@H]2CCCN2C1=O. The molecule has 0 bridgehead atoms. The van der Waals surface area contributed by atoms with Crippen molar-refractivity contribution in [1.29, 1.82) is 0 Å². The predicted octanol–water partition coefficient (Wildman–Crippen LogP) is 1.93. The number of ether oxygens (including phenoxy) is 1. The van der Waals surface area contributed by atoms with Crippen molar-refractivity contribution in [3.05, 3.63) is 29.3 Å². The Bertz CT molecular complexity index is 548. The van der Waals surface area contributed by atoms with Crippen LogP contribution in [0.25, 0.3) is 0 Å². The van der Waals surface area contributed by atoms with Gasteiger partial charge >= 0.3 is 6.03 Å². The highest BCUT2D eigenvalue weighted by atomic mass is 16.5. The lowest BCUT2D eigenvalue weighted by molar-refractivity contribution is -0.128. The number of amides is 3. The third kappa shape index (κ3) is 1.94. The Morgan fingerprint density at radius 1 is 1.35 bits per heavy atom. The minimum atomic E-state index is -0.238. The summed E-state index contributed by atoms with van der Waals surface area (Å²) in [7, 11) is 1.60. The van der Waals surface area contributed by atoms with Crippen molar-refractivity contribution >= 4 is 11.9 Å². The molecule has 106 valence electrons. The van der Waals surface area contributed by atoms with Gasteiger partial charge in [-0.25, -0.2) is 4.79 Å². The lowest BCUT2D eigenvalue weighted by Crippen LogP contribution is -2.32. The Labute approximate surface area is 118 Å². The number of rotatable bonds is 3. The molecule has 2 fully saturated rings. The molecule has 1 aromatic rings. The summed E-state index contributed by atoms with van der Waals surface area (Å²) in [6.07, 6.45) is 1.70. The van der Waals surface area contributed by atoms with Crippen molar-refractivity contribution < 1.29 is 14.3 Å². The zero-order valence-corrected chi connectivity index (χ0v) is 11.8. The van der Waals surface area contributed by atoms with Gasteiger partial charge in [-0.2, -0.15) is 0 Å². The van der Waals surface area contributed by atoms with Gasteiger partial charge in [0.25, 0.3) is 5.91 Å². The number of urea groups is 1. The summed E-state index contributed by atoms with van der Waals surface area (Å²) >= 11 is 0. The van der Waals surface area contributed by atoms with Gasteiger partial charge < -0.3 is 9.64 Å². The molecule has 0 aromatic heterocycles. The van der Waals surface area contributed by atoms with Gasteiger partial charge in [0.05, 0.1) is 13.7 Å². The molecule has 5 heteroatoms. The number of imide groups is 1. The second kappa shape index (κ2) is 4.81. The number of aryl methyl sites for hydroxylation is 1. The van der Waals surface area contributed by atoms with Crippen LogP contribution in [-0.4, -0.2) is 41.4 Å². The van der Waals surface area contributed by atoms with Gasteiger partial charge in [-0.3, -0.25) is 9.69 Å². The molecule has 0 saturated carbocycles. The van der Waals surface area contributed by atoms with E-state index >= 15 is 0 Å². The smallest absolute Gasteiger partial charge is 0.327 e. The van der Waals surface area contributed by atoms with E-state index in [1.54, 1.807) is 12.0 Å². The zero-order valence-electron chi connectivity index (χ0n) is 11.8. The van der Waals surface area contributed by atoms with Crippen LogP contribution in [0.2, 0.25) is 0 Å². The molecule has 3 amide bonds. The molecule has 2 saturated heterocycles. The number of methoxy groups -OCH3 is 1. The molecule has 1 atom stereocenters. The highest BCUT2D eigenvalue weighted by molar-refractivity contribution is 6.04. The average Bonchev–Trinajstić information content (AvgIpc) is 2.99. The standard InChI is InChI=1S/C15H18N2O3/c1-10-5-6-13(20-2)11(8-10)9-17-14(18)12-4-3-7-16(12)15(17)19/h5-6,8,12H,3-4,7,9H2,1-2H3/t12-/m0/s1. The van der Waals surface area contributed by atoms with Crippen LogP contribution in [0.1, 0.15) is 24.0 Å². The normalized spacial score (nSPS) is 21.6. The van der Waals surface area contributed by atoms with Crippen molar-refractivity contribution in [3.63, 3.8) is 0 Å². The Kier molecular flexibility index (Phi) is 3.12. The molecular weight excluding hydrogens is 256 g/mol. The molecule has 0 N–H and O–H groups in total. The van der Waals surface area contributed by atoms with Crippen LogP contribution in [-0.2, 0) is 11.3 Å². The monoisotopic (exact) mass is 274 g/mol. The molecule has 20 heavy (non-hydrogen) atoms. The van der Waals surface area contributed by atoms with Crippen molar-refractivity contribution in [1.82, 2.24) is 9.80 Å². The fraction of sp³-hybridized carbons (Fsp3) is 0.467. The maximum atomic E-state index is 12.3. The number of fused-ring (bicyclic) bond motifs is 1. The summed E-state index contributed by atoms with van der Waals surface area (Å²) in [5.41, 5.74) is 1.95. The topological polar surface area (TPSA) is 49.9 Å². The first kappa shape index (κ1) is 13.0. The minimum absolute atomic E-state index is 0.0731. The number of nitrogens with zero attached hydrogens (tertiary/aromatic N) is 2. The van der Waals surface area contributed by atoms with Gasteiger partial charge in [0.15, 0.2) is 0 Å². The highest BCUT2D eigenvalue weighted by Crippen LogP contribution is 2.30. The van der Waals surface area contributed by atoms with Gasteiger partial charge in [-0.1, -0.05) is 17.7 Å².